The molecule has 0 aliphatic rings. The second kappa shape index (κ2) is 11.9. The first-order valence-corrected chi connectivity index (χ1v) is 11.1. The molecule has 1 N–H and O–H groups in total. The van der Waals surface area contributed by atoms with Crippen LogP contribution in [0.3, 0.4) is 0 Å². The first kappa shape index (κ1) is 24.1. The Morgan fingerprint density at radius 3 is 2.58 bits per heavy atom. The van der Waals surface area contributed by atoms with E-state index < -0.39 is 0 Å². The largest absolute Gasteiger partial charge is 0.497 e. The van der Waals surface area contributed by atoms with Crippen LogP contribution in [-0.4, -0.2) is 36.9 Å². The smallest absolute Gasteiger partial charge is 0.226 e. The fourth-order valence-electron chi connectivity index (χ4n) is 3.30. The van der Waals surface area contributed by atoms with Crippen LogP contribution in [-0.2, 0) is 11.2 Å². The summed E-state index contributed by atoms with van der Waals surface area (Å²) < 4.78 is 21.6. The van der Waals surface area contributed by atoms with Crippen LogP contribution in [0.5, 0.6) is 17.2 Å². The molecule has 33 heavy (non-hydrogen) atoms. The van der Waals surface area contributed by atoms with Crippen molar-refractivity contribution in [3.8, 4) is 28.6 Å². The highest BCUT2D eigenvalue weighted by Gasteiger charge is 2.14. The van der Waals surface area contributed by atoms with Crippen LogP contribution in [0.1, 0.15) is 50.6 Å². The van der Waals surface area contributed by atoms with Crippen LogP contribution in [0, 0.1) is 0 Å². The Bertz CT molecular complexity index is 1030. The van der Waals surface area contributed by atoms with Gasteiger partial charge in [-0.3, -0.25) is 4.79 Å². The van der Waals surface area contributed by atoms with Crippen molar-refractivity contribution in [2.45, 2.75) is 45.6 Å². The van der Waals surface area contributed by atoms with E-state index in [0.29, 0.717) is 49.1 Å². The second-order valence-electron chi connectivity index (χ2n) is 7.64. The molecule has 3 rings (SSSR count). The maximum Gasteiger partial charge on any atom is 0.226 e. The summed E-state index contributed by atoms with van der Waals surface area (Å²) in [6.45, 7) is 4.62. The van der Waals surface area contributed by atoms with Crippen LogP contribution in [0.25, 0.3) is 11.4 Å². The molecule has 0 saturated carbocycles. The van der Waals surface area contributed by atoms with E-state index in [9.17, 15) is 4.79 Å². The van der Waals surface area contributed by atoms with Gasteiger partial charge in [-0.15, -0.1) is 0 Å². The van der Waals surface area contributed by atoms with Crippen LogP contribution < -0.4 is 19.5 Å². The van der Waals surface area contributed by atoms with Gasteiger partial charge in [0, 0.05) is 18.4 Å². The van der Waals surface area contributed by atoms with Crippen molar-refractivity contribution >= 4 is 5.91 Å². The van der Waals surface area contributed by atoms with Crippen LogP contribution in [0.2, 0.25) is 0 Å². The van der Waals surface area contributed by atoms with Gasteiger partial charge < -0.3 is 24.1 Å². The van der Waals surface area contributed by atoms with Gasteiger partial charge in [0.1, 0.15) is 5.75 Å². The minimum Gasteiger partial charge on any atom is -0.497 e. The van der Waals surface area contributed by atoms with Gasteiger partial charge in [0.2, 0.25) is 17.6 Å². The number of amides is 1. The van der Waals surface area contributed by atoms with Crippen molar-refractivity contribution < 1.29 is 23.5 Å². The molecule has 8 heteroatoms. The van der Waals surface area contributed by atoms with Crippen molar-refractivity contribution in [2.75, 3.05) is 20.8 Å². The van der Waals surface area contributed by atoms with Crippen molar-refractivity contribution in [3.63, 3.8) is 0 Å². The number of rotatable bonds is 12. The molecule has 2 aromatic carbocycles. The van der Waals surface area contributed by atoms with Crippen LogP contribution >= 0.6 is 0 Å². The molecular weight excluding hydrogens is 422 g/mol. The fraction of sp³-hybridized carbons (Fsp3) is 0.400. The standard InChI is InChI=1S/C25H31N3O5/c1-5-15-32-21-14-11-19(16-22(21)31-4)17(2)26-23(29)7-6-8-24-27-25(28-33-24)18-9-12-20(30-3)13-10-18/h9-14,16-17H,5-8,15H2,1-4H3,(H,26,29). The highest BCUT2D eigenvalue weighted by molar-refractivity contribution is 5.76. The van der Waals surface area contributed by atoms with Crippen molar-refractivity contribution in [1.82, 2.24) is 15.5 Å². The number of carbonyl (C=O) groups is 1. The molecule has 1 unspecified atom stereocenters. The minimum atomic E-state index is -0.156. The first-order valence-electron chi connectivity index (χ1n) is 11.1. The molecule has 176 valence electrons. The van der Waals surface area contributed by atoms with Crippen molar-refractivity contribution in [1.29, 1.82) is 0 Å². The third kappa shape index (κ3) is 6.71. The molecule has 0 radical (unpaired) electrons. The van der Waals surface area contributed by atoms with Gasteiger partial charge in [0.05, 0.1) is 26.9 Å². The summed E-state index contributed by atoms with van der Waals surface area (Å²) in [7, 11) is 3.23. The molecule has 3 aromatic rings. The van der Waals surface area contributed by atoms with Crippen molar-refractivity contribution in [3.05, 3.63) is 53.9 Å². The zero-order valence-corrected chi connectivity index (χ0v) is 19.6. The van der Waals surface area contributed by atoms with E-state index in [0.717, 1.165) is 23.3 Å². The highest BCUT2D eigenvalue weighted by Crippen LogP contribution is 2.30. The third-order valence-electron chi connectivity index (χ3n) is 5.14. The number of nitrogens with one attached hydrogen (secondary N) is 1. The predicted molar refractivity (Wildman–Crippen MR) is 125 cm³/mol. The lowest BCUT2D eigenvalue weighted by Crippen LogP contribution is -2.26. The highest BCUT2D eigenvalue weighted by atomic mass is 16.5. The number of ether oxygens (including phenoxy) is 3. The average Bonchev–Trinajstić information content (AvgIpc) is 3.31. The number of hydrogen-bond donors (Lipinski definition) is 1. The molecule has 1 heterocycles. The molecule has 8 nitrogen and oxygen atoms in total. The van der Waals surface area contributed by atoms with Gasteiger partial charge in [-0.2, -0.15) is 4.98 Å². The van der Waals surface area contributed by atoms with Gasteiger partial charge >= 0.3 is 0 Å². The molecule has 0 aliphatic heterocycles. The topological polar surface area (TPSA) is 95.7 Å². The lowest BCUT2D eigenvalue weighted by molar-refractivity contribution is -0.121. The Hall–Kier alpha value is -3.55. The molecule has 0 bridgehead atoms. The summed E-state index contributed by atoms with van der Waals surface area (Å²) in [5.74, 6) is 3.12. The fourth-order valence-corrected chi connectivity index (χ4v) is 3.30. The molecule has 1 aromatic heterocycles. The van der Waals surface area contributed by atoms with Crippen molar-refractivity contribution in [2.24, 2.45) is 0 Å². The molecule has 0 saturated heterocycles. The van der Waals surface area contributed by atoms with E-state index in [-0.39, 0.29) is 11.9 Å². The molecule has 1 amide bonds. The average molecular weight is 454 g/mol. The maximum absolute atomic E-state index is 12.4. The number of methoxy groups -OCH3 is 2. The van der Waals surface area contributed by atoms with Gasteiger partial charge in [0.15, 0.2) is 11.5 Å². The molecule has 0 fully saturated rings. The molecular formula is C25H31N3O5. The van der Waals surface area contributed by atoms with E-state index >= 15 is 0 Å². The van der Waals surface area contributed by atoms with E-state index in [1.807, 2.05) is 49.4 Å². The summed E-state index contributed by atoms with van der Waals surface area (Å²) in [6.07, 6.45) is 2.42. The van der Waals surface area contributed by atoms with Crippen LogP contribution in [0.4, 0.5) is 0 Å². The number of aryl methyl sites for hydroxylation is 1. The number of nitrogens with zero attached hydrogens (tertiary/aromatic N) is 2. The molecule has 0 aliphatic carbocycles. The Morgan fingerprint density at radius 2 is 1.88 bits per heavy atom. The normalized spacial score (nSPS) is 11.6. The number of benzene rings is 2. The Balaban J connectivity index is 1.48. The van der Waals surface area contributed by atoms with E-state index in [1.165, 1.54) is 0 Å². The minimum absolute atomic E-state index is 0.0392. The zero-order chi connectivity index (χ0) is 23.6. The van der Waals surface area contributed by atoms with Gasteiger partial charge in [0.25, 0.3) is 0 Å². The Labute approximate surface area is 194 Å². The second-order valence-corrected chi connectivity index (χ2v) is 7.64. The number of aromatic nitrogens is 2. The van der Waals surface area contributed by atoms with Gasteiger partial charge in [-0.1, -0.05) is 18.1 Å². The van der Waals surface area contributed by atoms with E-state index in [2.05, 4.69) is 22.4 Å². The summed E-state index contributed by atoms with van der Waals surface area (Å²) in [4.78, 5) is 16.8. The monoisotopic (exact) mass is 453 g/mol. The third-order valence-corrected chi connectivity index (χ3v) is 5.14. The first-order chi connectivity index (χ1) is 16.0. The molecule has 0 spiro atoms. The Morgan fingerprint density at radius 1 is 1.09 bits per heavy atom. The summed E-state index contributed by atoms with van der Waals surface area (Å²) in [6, 6.07) is 13.0. The van der Waals surface area contributed by atoms with Gasteiger partial charge in [-0.05, 0) is 61.7 Å². The maximum atomic E-state index is 12.4. The number of carbonyl (C=O) groups excluding carboxylic acids is 1. The lowest BCUT2D eigenvalue weighted by Gasteiger charge is -2.17. The Kier molecular flexibility index (Phi) is 8.69. The van der Waals surface area contributed by atoms with E-state index in [1.54, 1.807) is 14.2 Å². The number of hydrogen-bond acceptors (Lipinski definition) is 7. The lowest BCUT2D eigenvalue weighted by atomic mass is 10.1. The molecule has 1 atom stereocenters. The quantitative estimate of drug-likeness (QED) is 0.423. The van der Waals surface area contributed by atoms with E-state index in [4.69, 9.17) is 18.7 Å². The van der Waals surface area contributed by atoms with Gasteiger partial charge in [-0.25, -0.2) is 0 Å². The summed E-state index contributed by atoms with van der Waals surface area (Å²) in [5.41, 5.74) is 1.80. The zero-order valence-electron chi connectivity index (χ0n) is 19.6. The summed E-state index contributed by atoms with van der Waals surface area (Å²) in [5, 5.41) is 7.04. The predicted octanol–water partition coefficient (Wildman–Crippen LogP) is 4.74. The summed E-state index contributed by atoms with van der Waals surface area (Å²) >= 11 is 0. The van der Waals surface area contributed by atoms with Crippen LogP contribution in [0.15, 0.2) is 47.0 Å². The SMILES string of the molecule is CCCOc1ccc(C(C)NC(=O)CCCc2nc(-c3ccc(OC)cc3)no2)cc1OC.